The molecule has 2 saturated carbocycles. The third-order valence-corrected chi connectivity index (χ3v) is 2.35. The summed E-state index contributed by atoms with van der Waals surface area (Å²) in [5, 5.41) is 0. The molecule has 0 N–H and O–H groups in total. The molecule has 1 radical (unpaired) electrons. The van der Waals surface area contributed by atoms with Gasteiger partial charge in [-0.05, 0) is 6.42 Å². The van der Waals surface area contributed by atoms with E-state index in [1.54, 1.807) is 0 Å². The maximum Gasteiger partial charge on any atom is 0.257 e. The minimum absolute atomic E-state index is 0.0141. The lowest BCUT2D eigenvalue weighted by molar-refractivity contribution is 0.0749. The Hall–Kier alpha value is -0.180. The Morgan fingerprint density at radius 1 is 1.56 bits per heavy atom. The summed E-state index contributed by atoms with van der Waals surface area (Å²) in [6.07, 6.45) is 0.261. The Bertz CT molecular complexity index is 157. The fourth-order valence-corrected chi connectivity index (χ4v) is 1.41. The molecule has 2 atom stereocenters. The van der Waals surface area contributed by atoms with E-state index in [9.17, 15) is 8.78 Å². The van der Waals surface area contributed by atoms with Gasteiger partial charge in [0.1, 0.15) is 0 Å². The van der Waals surface area contributed by atoms with Crippen LogP contribution in [0.4, 0.5) is 8.78 Å². The van der Waals surface area contributed by atoms with E-state index in [4.69, 9.17) is 0 Å². The molecule has 2 fully saturated rings. The highest BCUT2D eigenvalue weighted by atomic mass is 19.3. The lowest BCUT2D eigenvalue weighted by Crippen LogP contribution is -1.98. The Labute approximate surface area is 52.0 Å². The highest BCUT2D eigenvalue weighted by Gasteiger charge is 2.84. The topological polar surface area (TPSA) is 9.23 Å². The van der Waals surface area contributed by atoms with Crippen molar-refractivity contribution < 1.29 is 13.5 Å². The maximum absolute atomic E-state index is 12.3. The Morgan fingerprint density at radius 3 is 2.22 bits per heavy atom. The molecule has 0 aliphatic heterocycles. The number of ether oxygens (including phenoxy) is 1. The first-order valence-electron chi connectivity index (χ1n) is 2.91. The van der Waals surface area contributed by atoms with Gasteiger partial charge < -0.3 is 4.74 Å². The van der Waals surface area contributed by atoms with E-state index < -0.39 is 11.3 Å². The zero-order chi connectivity index (χ0) is 6.70. The van der Waals surface area contributed by atoms with Crippen LogP contribution < -0.4 is 0 Å². The third kappa shape index (κ3) is 0.467. The van der Waals surface area contributed by atoms with E-state index in [0.29, 0.717) is 6.42 Å². The predicted molar refractivity (Wildman–Crippen MR) is 26.8 cm³/mol. The van der Waals surface area contributed by atoms with Crippen molar-refractivity contribution in [3.63, 3.8) is 0 Å². The molecule has 9 heavy (non-hydrogen) atoms. The molecule has 0 heterocycles. The van der Waals surface area contributed by atoms with Crippen molar-refractivity contribution in [2.45, 2.75) is 24.9 Å². The first kappa shape index (κ1) is 5.59. The summed E-state index contributed by atoms with van der Waals surface area (Å²) in [5.41, 5.74) is -0.755. The standard InChI is InChI=1S/C6H7F2O/c1-9-4-2-5(4)3-6(5,7)8/h4H,1-3H2. The van der Waals surface area contributed by atoms with Gasteiger partial charge in [0.25, 0.3) is 5.92 Å². The molecule has 0 aromatic carbocycles. The van der Waals surface area contributed by atoms with Crippen LogP contribution in [0.5, 0.6) is 0 Å². The largest absolute Gasteiger partial charge is 0.375 e. The van der Waals surface area contributed by atoms with Gasteiger partial charge in [0.15, 0.2) is 0 Å². The molecule has 2 aliphatic rings. The van der Waals surface area contributed by atoms with Crippen LogP contribution >= 0.6 is 0 Å². The SMILES string of the molecule is [CH2]OC1CC12CC2(F)F. The van der Waals surface area contributed by atoms with Crippen LogP contribution in [-0.4, -0.2) is 12.0 Å². The minimum Gasteiger partial charge on any atom is -0.375 e. The van der Waals surface area contributed by atoms with Crippen LogP contribution in [0.2, 0.25) is 0 Å². The molecule has 0 bridgehead atoms. The summed E-state index contributed by atoms with van der Waals surface area (Å²) in [5.74, 6) is -2.44. The van der Waals surface area contributed by atoms with E-state index in [1.165, 1.54) is 0 Å². The van der Waals surface area contributed by atoms with Crippen LogP contribution in [0.3, 0.4) is 0 Å². The Balaban J connectivity index is 2.05. The van der Waals surface area contributed by atoms with E-state index >= 15 is 0 Å². The van der Waals surface area contributed by atoms with E-state index in [1.807, 2.05) is 0 Å². The van der Waals surface area contributed by atoms with Crippen molar-refractivity contribution in [3.05, 3.63) is 7.11 Å². The lowest BCUT2D eigenvalue weighted by Gasteiger charge is -1.91. The fraction of sp³-hybridized carbons (Fsp3) is 0.833. The highest BCUT2D eigenvalue weighted by molar-refractivity contribution is 5.26. The smallest absolute Gasteiger partial charge is 0.257 e. The van der Waals surface area contributed by atoms with Gasteiger partial charge in [-0.25, -0.2) is 8.78 Å². The van der Waals surface area contributed by atoms with Crippen LogP contribution in [0.1, 0.15) is 12.8 Å². The Kier molecular flexibility index (Phi) is 0.712. The molecule has 2 aliphatic carbocycles. The van der Waals surface area contributed by atoms with E-state index in [0.717, 1.165) is 0 Å². The van der Waals surface area contributed by atoms with Crippen molar-refractivity contribution in [3.8, 4) is 0 Å². The fourth-order valence-electron chi connectivity index (χ4n) is 1.41. The van der Waals surface area contributed by atoms with Crippen molar-refractivity contribution >= 4 is 0 Å². The van der Waals surface area contributed by atoms with Crippen molar-refractivity contribution in [1.29, 1.82) is 0 Å². The van der Waals surface area contributed by atoms with Gasteiger partial charge in [-0.3, -0.25) is 0 Å². The molecular formula is C6H7F2O. The normalized spacial score (nSPS) is 51.7. The predicted octanol–water partition coefficient (Wildman–Crippen LogP) is 1.59. The number of halogens is 2. The zero-order valence-corrected chi connectivity index (χ0v) is 4.86. The number of alkyl halides is 2. The van der Waals surface area contributed by atoms with Gasteiger partial charge in [0.05, 0.1) is 18.6 Å². The molecular weight excluding hydrogens is 126 g/mol. The Morgan fingerprint density at radius 2 is 2.11 bits per heavy atom. The second-order valence-electron chi connectivity index (χ2n) is 2.90. The monoisotopic (exact) mass is 133 g/mol. The summed E-state index contributed by atoms with van der Waals surface area (Å²) >= 11 is 0. The number of hydrogen-bond acceptors (Lipinski definition) is 1. The number of rotatable bonds is 1. The average molecular weight is 133 g/mol. The summed E-state index contributed by atoms with van der Waals surface area (Å²) in [6, 6.07) is 0. The van der Waals surface area contributed by atoms with Crippen LogP contribution in [-0.2, 0) is 4.74 Å². The molecule has 2 rings (SSSR count). The molecule has 0 aromatic rings. The van der Waals surface area contributed by atoms with Gasteiger partial charge in [0.2, 0.25) is 0 Å². The van der Waals surface area contributed by atoms with Crippen LogP contribution in [0, 0.1) is 12.5 Å². The van der Waals surface area contributed by atoms with Crippen molar-refractivity contribution in [2.75, 3.05) is 0 Å². The summed E-state index contributed by atoms with van der Waals surface area (Å²) in [6.45, 7) is 0. The van der Waals surface area contributed by atoms with Crippen molar-refractivity contribution in [2.24, 2.45) is 5.41 Å². The minimum atomic E-state index is -2.44. The number of hydrogen-bond donors (Lipinski definition) is 0. The van der Waals surface area contributed by atoms with Crippen LogP contribution in [0.25, 0.3) is 0 Å². The molecule has 3 heteroatoms. The average Bonchev–Trinajstić information content (AvgIpc) is 2.53. The lowest BCUT2D eigenvalue weighted by atomic mass is 10.4. The van der Waals surface area contributed by atoms with Gasteiger partial charge in [-0.2, -0.15) is 0 Å². The molecule has 0 amide bonds. The highest BCUT2D eigenvalue weighted by Crippen LogP contribution is 2.76. The molecule has 51 valence electrons. The first-order chi connectivity index (χ1) is 4.12. The molecule has 2 unspecified atom stereocenters. The second kappa shape index (κ2) is 1.15. The second-order valence-corrected chi connectivity index (χ2v) is 2.90. The van der Waals surface area contributed by atoms with Gasteiger partial charge in [-0.1, -0.05) is 0 Å². The third-order valence-electron chi connectivity index (χ3n) is 2.35. The quantitative estimate of drug-likeness (QED) is 0.527. The molecule has 0 saturated heterocycles. The molecule has 1 spiro atoms. The summed E-state index contributed by atoms with van der Waals surface area (Å²) in [4.78, 5) is 0. The zero-order valence-electron chi connectivity index (χ0n) is 4.86. The summed E-state index contributed by atoms with van der Waals surface area (Å²) < 4.78 is 29.1. The maximum atomic E-state index is 12.3. The van der Waals surface area contributed by atoms with Crippen LogP contribution in [0.15, 0.2) is 0 Å². The molecule has 1 nitrogen and oxygen atoms in total. The van der Waals surface area contributed by atoms with E-state index in [2.05, 4.69) is 11.8 Å². The first-order valence-corrected chi connectivity index (χ1v) is 2.91. The van der Waals surface area contributed by atoms with E-state index in [-0.39, 0.29) is 12.5 Å². The van der Waals surface area contributed by atoms with Gasteiger partial charge in [-0.15, -0.1) is 0 Å². The van der Waals surface area contributed by atoms with Gasteiger partial charge >= 0.3 is 0 Å². The van der Waals surface area contributed by atoms with Gasteiger partial charge in [0, 0.05) is 6.42 Å². The molecule has 0 aromatic heterocycles. The summed E-state index contributed by atoms with van der Waals surface area (Å²) in [7, 11) is 3.12. The van der Waals surface area contributed by atoms with Crippen molar-refractivity contribution in [1.82, 2.24) is 0 Å².